The minimum Gasteiger partial charge on any atom is -0.359 e. The van der Waals surface area contributed by atoms with Crippen LogP contribution in [0.5, 0.6) is 0 Å². The number of carbonyl (C=O) groups excluding carboxylic acids is 1. The van der Waals surface area contributed by atoms with Crippen LogP contribution in [0.15, 0.2) is 53.4 Å². The van der Waals surface area contributed by atoms with Gasteiger partial charge in [-0.15, -0.1) is 0 Å². The fraction of sp³-hybridized carbons (Fsp3) is 0.235. The van der Waals surface area contributed by atoms with Gasteiger partial charge in [-0.2, -0.15) is 0 Å². The molecule has 6 nitrogen and oxygen atoms in total. The molecule has 3 N–H and O–H groups in total. The zero-order valence-electron chi connectivity index (χ0n) is 13.3. The first-order valence-corrected chi connectivity index (χ1v) is 9.19. The van der Waals surface area contributed by atoms with E-state index < -0.39 is 10.0 Å². The SMILES string of the molecule is C[C@H](C(=O)Nc1cccc(S(N)(=O)=O)c1)N1CCc2ccccc21. The number of carbonyl (C=O) groups is 1. The number of rotatable bonds is 4. The Morgan fingerprint density at radius 2 is 1.96 bits per heavy atom. The molecule has 1 aliphatic heterocycles. The molecular formula is C17H19N3O3S. The van der Waals surface area contributed by atoms with E-state index in [0.717, 1.165) is 18.7 Å². The minimum absolute atomic E-state index is 0.0283. The highest BCUT2D eigenvalue weighted by Gasteiger charge is 2.27. The van der Waals surface area contributed by atoms with Crippen LogP contribution in [0, 0.1) is 0 Å². The van der Waals surface area contributed by atoms with Crippen LogP contribution in [0.25, 0.3) is 0 Å². The van der Waals surface area contributed by atoms with Gasteiger partial charge in [-0.05, 0) is 43.2 Å². The summed E-state index contributed by atoms with van der Waals surface area (Å²) < 4.78 is 22.8. The molecule has 0 saturated heterocycles. The first-order chi connectivity index (χ1) is 11.4. The van der Waals surface area contributed by atoms with Crippen molar-refractivity contribution >= 4 is 27.3 Å². The lowest BCUT2D eigenvalue weighted by atomic mass is 10.1. The van der Waals surface area contributed by atoms with Crippen molar-refractivity contribution in [3.63, 3.8) is 0 Å². The van der Waals surface area contributed by atoms with Gasteiger partial charge >= 0.3 is 0 Å². The highest BCUT2D eigenvalue weighted by Crippen LogP contribution is 2.29. The van der Waals surface area contributed by atoms with Crippen molar-refractivity contribution < 1.29 is 13.2 Å². The van der Waals surface area contributed by atoms with Crippen molar-refractivity contribution in [2.24, 2.45) is 5.14 Å². The standard InChI is InChI=1S/C17H19N3O3S/c1-12(20-10-9-13-5-2-3-8-16(13)20)17(21)19-14-6-4-7-15(11-14)24(18,22)23/h2-8,11-12H,9-10H2,1H3,(H,19,21)(H2,18,22,23)/t12-/m1/s1. The molecule has 0 unspecified atom stereocenters. The second-order valence-electron chi connectivity index (χ2n) is 5.81. The van der Waals surface area contributed by atoms with Crippen molar-refractivity contribution in [1.29, 1.82) is 0 Å². The molecular weight excluding hydrogens is 326 g/mol. The van der Waals surface area contributed by atoms with E-state index >= 15 is 0 Å². The molecule has 24 heavy (non-hydrogen) atoms. The van der Waals surface area contributed by atoms with Crippen LogP contribution in [0.3, 0.4) is 0 Å². The summed E-state index contributed by atoms with van der Waals surface area (Å²) in [6.07, 6.45) is 0.911. The molecule has 0 spiro atoms. The molecule has 0 saturated carbocycles. The quantitative estimate of drug-likeness (QED) is 0.882. The summed E-state index contributed by atoms with van der Waals surface area (Å²) in [5.74, 6) is -0.196. The van der Waals surface area contributed by atoms with E-state index in [4.69, 9.17) is 5.14 Å². The summed E-state index contributed by atoms with van der Waals surface area (Å²) >= 11 is 0. The molecule has 2 aromatic rings. The van der Waals surface area contributed by atoms with E-state index in [1.165, 1.54) is 17.7 Å². The van der Waals surface area contributed by atoms with Crippen molar-refractivity contribution in [2.45, 2.75) is 24.3 Å². The number of hydrogen-bond donors (Lipinski definition) is 2. The summed E-state index contributed by atoms with van der Waals surface area (Å²) in [7, 11) is -3.80. The Morgan fingerprint density at radius 1 is 1.21 bits per heavy atom. The van der Waals surface area contributed by atoms with Gasteiger partial charge < -0.3 is 10.2 Å². The third-order valence-electron chi connectivity index (χ3n) is 4.20. The van der Waals surface area contributed by atoms with Gasteiger partial charge in [0.15, 0.2) is 0 Å². The van der Waals surface area contributed by atoms with E-state index in [-0.39, 0.29) is 16.8 Å². The molecule has 1 amide bonds. The van der Waals surface area contributed by atoms with Crippen molar-refractivity contribution in [3.8, 4) is 0 Å². The van der Waals surface area contributed by atoms with Gasteiger partial charge in [0.05, 0.1) is 4.90 Å². The molecule has 2 aromatic carbocycles. The lowest BCUT2D eigenvalue weighted by Gasteiger charge is -2.26. The topological polar surface area (TPSA) is 92.5 Å². The first-order valence-electron chi connectivity index (χ1n) is 7.64. The monoisotopic (exact) mass is 345 g/mol. The lowest BCUT2D eigenvalue weighted by Crippen LogP contribution is -2.41. The number of nitrogens with zero attached hydrogens (tertiary/aromatic N) is 1. The Kier molecular flexibility index (Phi) is 4.29. The van der Waals surface area contributed by atoms with Crippen LogP contribution in [0.2, 0.25) is 0 Å². The summed E-state index contributed by atoms with van der Waals surface area (Å²) in [6.45, 7) is 2.62. The van der Waals surface area contributed by atoms with Crippen molar-refractivity contribution in [1.82, 2.24) is 0 Å². The molecule has 0 bridgehead atoms. The second kappa shape index (κ2) is 6.26. The average molecular weight is 345 g/mol. The summed E-state index contributed by atoms with van der Waals surface area (Å²) in [6, 6.07) is 13.6. The molecule has 1 aliphatic rings. The van der Waals surface area contributed by atoms with Crippen LogP contribution >= 0.6 is 0 Å². The Labute approximate surface area is 141 Å². The number of para-hydroxylation sites is 1. The van der Waals surface area contributed by atoms with Gasteiger partial charge in [-0.1, -0.05) is 24.3 Å². The molecule has 3 rings (SSSR count). The summed E-state index contributed by atoms with van der Waals surface area (Å²) in [5.41, 5.74) is 2.71. The summed E-state index contributed by atoms with van der Waals surface area (Å²) in [5, 5.41) is 7.88. The maximum atomic E-state index is 12.5. The molecule has 126 valence electrons. The maximum absolute atomic E-state index is 12.5. The highest BCUT2D eigenvalue weighted by atomic mass is 32.2. The third-order valence-corrected chi connectivity index (χ3v) is 5.11. The van der Waals surface area contributed by atoms with Crippen molar-refractivity contribution in [3.05, 3.63) is 54.1 Å². The summed E-state index contributed by atoms with van der Waals surface area (Å²) in [4.78, 5) is 14.6. The zero-order chi connectivity index (χ0) is 17.3. The van der Waals surface area contributed by atoms with Gasteiger partial charge in [-0.25, -0.2) is 13.6 Å². The van der Waals surface area contributed by atoms with Crippen LogP contribution in [-0.2, 0) is 21.2 Å². The highest BCUT2D eigenvalue weighted by molar-refractivity contribution is 7.89. The number of sulfonamides is 1. The predicted octanol–water partition coefficient (Wildman–Crippen LogP) is 1.72. The largest absolute Gasteiger partial charge is 0.359 e. The Hall–Kier alpha value is -2.38. The lowest BCUT2D eigenvalue weighted by molar-refractivity contribution is -0.117. The fourth-order valence-electron chi connectivity index (χ4n) is 2.91. The Balaban J connectivity index is 1.76. The van der Waals surface area contributed by atoms with E-state index in [0.29, 0.717) is 5.69 Å². The normalized spacial score (nSPS) is 15.0. The van der Waals surface area contributed by atoms with Gasteiger partial charge in [0, 0.05) is 17.9 Å². The number of benzene rings is 2. The number of fused-ring (bicyclic) bond motifs is 1. The molecule has 7 heteroatoms. The van der Waals surface area contributed by atoms with Gasteiger partial charge in [0.2, 0.25) is 15.9 Å². The molecule has 1 heterocycles. The van der Waals surface area contributed by atoms with Crippen LogP contribution < -0.4 is 15.4 Å². The predicted molar refractivity (Wildman–Crippen MR) is 93.4 cm³/mol. The van der Waals surface area contributed by atoms with Crippen LogP contribution in [0.4, 0.5) is 11.4 Å². The number of nitrogens with two attached hydrogens (primary N) is 1. The van der Waals surface area contributed by atoms with Gasteiger partial charge in [-0.3, -0.25) is 4.79 Å². The zero-order valence-corrected chi connectivity index (χ0v) is 14.1. The maximum Gasteiger partial charge on any atom is 0.246 e. The minimum atomic E-state index is -3.80. The average Bonchev–Trinajstić information content (AvgIpc) is 2.97. The smallest absolute Gasteiger partial charge is 0.246 e. The van der Waals surface area contributed by atoms with E-state index in [1.54, 1.807) is 12.1 Å². The van der Waals surface area contributed by atoms with Gasteiger partial charge in [0.1, 0.15) is 6.04 Å². The van der Waals surface area contributed by atoms with Crippen molar-refractivity contribution in [2.75, 3.05) is 16.8 Å². The molecule has 0 radical (unpaired) electrons. The Morgan fingerprint density at radius 3 is 2.71 bits per heavy atom. The van der Waals surface area contributed by atoms with E-state index in [9.17, 15) is 13.2 Å². The third kappa shape index (κ3) is 3.27. The van der Waals surface area contributed by atoms with E-state index in [2.05, 4.69) is 11.4 Å². The number of nitrogens with one attached hydrogen (secondary N) is 1. The number of anilines is 2. The van der Waals surface area contributed by atoms with Crippen LogP contribution in [0.1, 0.15) is 12.5 Å². The van der Waals surface area contributed by atoms with Crippen LogP contribution in [-0.4, -0.2) is 26.9 Å². The first kappa shape index (κ1) is 16.5. The molecule has 0 aliphatic carbocycles. The molecule has 0 fully saturated rings. The van der Waals surface area contributed by atoms with Gasteiger partial charge in [0.25, 0.3) is 0 Å². The van der Waals surface area contributed by atoms with E-state index in [1.807, 2.05) is 30.0 Å². The molecule has 1 atom stereocenters. The number of primary sulfonamides is 1. The second-order valence-corrected chi connectivity index (χ2v) is 7.37. The molecule has 0 aromatic heterocycles. The number of hydrogen-bond acceptors (Lipinski definition) is 4. The fourth-order valence-corrected chi connectivity index (χ4v) is 3.46. The number of amides is 1. The Bertz CT molecular complexity index is 880.